The quantitative estimate of drug-likeness (QED) is 0.686. The van der Waals surface area contributed by atoms with E-state index < -0.39 is 0 Å². The van der Waals surface area contributed by atoms with E-state index in [-0.39, 0.29) is 5.97 Å². The number of rotatable bonds is 1. The Labute approximate surface area is 88.4 Å². The molecule has 2 rings (SSSR count). The molecule has 0 saturated carbocycles. The minimum Gasteiger partial charge on any atom is -0.464 e. The van der Waals surface area contributed by atoms with Crippen molar-refractivity contribution >= 4 is 5.97 Å². The molecule has 1 aromatic heterocycles. The third-order valence-corrected chi connectivity index (χ3v) is 2.67. The van der Waals surface area contributed by atoms with E-state index in [4.69, 9.17) is 0 Å². The first-order valence-corrected chi connectivity index (χ1v) is 5.08. The van der Waals surface area contributed by atoms with Gasteiger partial charge in [0.15, 0.2) is 5.69 Å². The minimum absolute atomic E-state index is 0.372. The number of hydrogen-bond acceptors (Lipinski definition) is 4. The van der Waals surface area contributed by atoms with Gasteiger partial charge >= 0.3 is 5.97 Å². The molecule has 0 saturated heterocycles. The van der Waals surface area contributed by atoms with Crippen LogP contribution >= 0.6 is 0 Å². The summed E-state index contributed by atoms with van der Waals surface area (Å²) in [6.45, 7) is 3.75. The molecule has 0 amide bonds. The Morgan fingerprint density at radius 1 is 1.73 bits per heavy atom. The van der Waals surface area contributed by atoms with Crippen molar-refractivity contribution < 1.29 is 9.53 Å². The second-order valence-corrected chi connectivity index (χ2v) is 3.80. The van der Waals surface area contributed by atoms with Gasteiger partial charge in [0.2, 0.25) is 0 Å². The maximum Gasteiger partial charge on any atom is 0.358 e. The standard InChI is InChI=1S/C10H15N3O2/c1-7-3-4-13-6-8(10(14)15-2)12-9(13)5-11-7/h6-7,11H,3-5H2,1-2H3. The van der Waals surface area contributed by atoms with Gasteiger partial charge in [0, 0.05) is 18.8 Å². The molecule has 1 atom stereocenters. The summed E-state index contributed by atoms with van der Waals surface area (Å²) in [7, 11) is 1.37. The summed E-state index contributed by atoms with van der Waals surface area (Å²) in [6, 6.07) is 0.494. The number of methoxy groups -OCH3 is 1. The normalized spacial score (nSPS) is 20.5. The Morgan fingerprint density at radius 3 is 3.27 bits per heavy atom. The second-order valence-electron chi connectivity index (χ2n) is 3.80. The van der Waals surface area contributed by atoms with Crippen molar-refractivity contribution in [3.05, 3.63) is 17.7 Å². The topological polar surface area (TPSA) is 56.2 Å². The van der Waals surface area contributed by atoms with Crippen molar-refractivity contribution in [2.45, 2.75) is 32.5 Å². The third kappa shape index (κ3) is 2.02. The smallest absolute Gasteiger partial charge is 0.358 e. The van der Waals surface area contributed by atoms with Crippen molar-refractivity contribution in [1.29, 1.82) is 0 Å². The lowest BCUT2D eigenvalue weighted by Crippen LogP contribution is -2.23. The Morgan fingerprint density at radius 2 is 2.53 bits per heavy atom. The number of carbonyl (C=O) groups is 1. The van der Waals surface area contributed by atoms with Crippen LogP contribution in [0, 0.1) is 0 Å². The van der Waals surface area contributed by atoms with Crippen LogP contribution in [0.4, 0.5) is 0 Å². The van der Waals surface area contributed by atoms with E-state index in [1.54, 1.807) is 6.20 Å². The van der Waals surface area contributed by atoms with Gasteiger partial charge in [-0.25, -0.2) is 9.78 Å². The molecule has 15 heavy (non-hydrogen) atoms. The number of fused-ring (bicyclic) bond motifs is 1. The highest BCUT2D eigenvalue weighted by Crippen LogP contribution is 2.10. The van der Waals surface area contributed by atoms with Crippen LogP contribution in [0.5, 0.6) is 0 Å². The number of aromatic nitrogens is 2. The van der Waals surface area contributed by atoms with Crippen LogP contribution in [-0.2, 0) is 17.8 Å². The molecule has 2 heterocycles. The highest BCUT2D eigenvalue weighted by molar-refractivity contribution is 5.86. The second kappa shape index (κ2) is 4.02. The molecule has 0 radical (unpaired) electrons. The van der Waals surface area contributed by atoms with E-state index in [0.29, 0.717) is 18.3 Å². The van der Waals surface area contributed by atoms with Crippen molar-refractivity contribution in [2.24, 2.45) is 0 Å². The van der Waals surface area contributed by atoms with Gasteiger partial charge < -0.3 is 14.6 Å². The molecule has 0 aliphatic carbocycles. The van der Waals surface area contributed by atoms with Crippen molar-refractivity contribution in [1.82, 2.24) is 14.9 Å². The van der Waals surface area contributed by atoms with Gasteiger partial charge in [-0.3, -0.25) is 0 Å². The van der Waals surface area contributed by atoms with Crippen LogP contribution in [0.2, 0.25) is 0 Å². The Hall–Kier alpha value is -1.36. The first-order valence-electron chi connectivity index (χ1n) is 5.08. The summed E-state index contributed by atoms with van der Waals surface area (Å²) < 4.78 is 6.65. The van der Waals surface area contributed by atoms with Crippen molar-refractivity contribution in [2.75, 3.05) is 7.11 Å². The number of hydrogen-bond donors (Lipinski definition) is 1. The summed E-state index contributed by atoms with van der Waals surface area (Å²) in [4.78, 5) is 15.5. The lowest BCUT2D eigenvalue weighted by Gasteiger charge is -2.06. The highest BCUT2D eigenvalue weighted by Gasteiger charge is 2.17. The molecule has 1 aliphatic rings. The fourth-order valence-corrected chi connectivity index (χ4v) is 1.69. The molecule has 0 spiro atoms. The molecule has 1 aromatic rings. The van der Waals surface area contributed by atoms with E-state index >= 15 is 0 Å². The fourth-order valence-electron chi connectivity index (χ4n) is 1.69. The average Bonchev–Trinajstić information content (AvgIpc) is 2.58. The van der Waals surface area contributed by atoms with Gasteiger partial charge in [-0.2, -0.15) is 0 Å². The van der Waals surface area contributed by atoms with E-state index in [9.17, 15) is 4.79 Å². The summed E-state index contributed by atoms with van der Waals surface area (Å²) in [6.07, 6.45) is 2.81. The monoisotopic (exact) mass is 209 g/mol. The number of aryl methyl sites for hydroxylation is 1. The van der Waals surface area contributed by atoms with E-state index in [2.05, 4.69) is 22.0 Å². The maximum absolute atomic E-state index is 11.3. The number of ether oxygens (including phenoxy) is 1. The largest absolute Gasteiger partial charge is 0.464 e. The Balaban J connectivity index is 2.22. The molecule has 82 valence electrons. The first kappa shape index (κ1) is 10.2. The van der Waals surface area contributed by atoms with Gasteiger partial charge in [0.05, 0.1) is 13.7 Å². The molecule has 5 nitrogen and oxygen atoms in total. The van der Waals surface area contributed by atoms with Crippen molar-refractivity contribution in [3.63, 3.8) is 0 Å². The number of nitrogens with zero attached hydrogens (tertiary/aromatic N) is 2. The van der Waals surface area contributed by atoms with Crippen LogP contribution < -0.4 is 5.32 Å². The number of carbonyl (C=O) groups excluding carboxylic acids is 1. The molecule has 1 aliphatic heterocycles. The number of imidazole rings is 1. The van der Waals surface area contributed by atoms with E-state index in [0.717, 1.165) is 18.8 Å². The zero-order valence-corrected chi connectivity index (χ0v) is 8.99. The lowest BCUT2D eigenvalue weighted by molar-refractivity contribution is 0.0594. The van der Waals surface area contributed by atoms with Gasteiger partial charge in [0.1, 0.15) is 5.82 Å². The zero-order valence-electron chi connectivity index (χ0n) is 8.99. The number of nitrogens with one attached hydrogen (secondary N) is 1. The van der Waals surface area contributed by atoms with Gasteiger partial charge in [-0.15, -0.1) is 0 Å². The Kier molecular flexibility index (Phi) is 2.73. The van der Waals surface area contributed by atoms with Gasteiger partial charge in [-0.05, 0) is 13.3 Å². The maximum atomic E-state index is 11.3. The van der Waals surface area contributed by atoms with Crippen molar-refractivity contribution in [3.8, 4) is 0 Å². The van der Waals surface area contributed by atoms with Crippen LogP contribution in [0.15, 0.2) is 6.20 Å². The molecular weight excluding hydrogens is 194 g/mol. The predicted octanol–water partition coefficient (Wildman–Crippen LogP) is 0.551. The summed E-state index contributed by atoms with van der Waals surface area (Å²) in [5.74, 6) is 0.531. The van der Waals surface area contributed by atoms with Gasteiger partial charge in [0.25, 0.3) is 0 Å². The summed E-state index contributed by atoms with van der Waals surface area (Å²) in [5.41, 5.74) is 0.392. The lowest BCUT2D eigenvalue weighted by atomic mass is 10.2. The SMILES string of the molecule is COC(=O)c1cn2c(n1)CNC(C)CC2. The predicted molar refractivity (Wildman–Crippen MR) is 54.5 cm³/mol. The van der Waals surface area contributed by atoms with Gasteiger partial charge in [-0.1, -0.05) is 0 Å². The summed E-state index contributed by atoms with van der Waals surface area (Å²) >= 11 is 0. The molecule has 1 N–H and O–H groups in total. The highest BCUT2D eigenvalue weighted by atomic mass is 16.5. The molecule has 5 heteroatoms. The van der Waals surface area contributed by atoms with Crippen LogP contribution in [0.3, 0.4) is 0 Å². The first-order chi connectivity index (χ1) is 7.20. The minimum atomic E-state index is -0.372. The third-order valence-electron chi connectivity index (χ3n) is 2.67. The Bertz CT molecular complexity index is 347. The molecule has 1 unspecified atom stereocenters. The molecular formula is C10H15N3O2. The molecule has 0 fully saturated rings. The summed E-state index contributed by atoms with van der Waals surface area (Å²) in [5, 5.41) is 3.34. The number of esters is 1. The van der Waals surface area contributed by atoms with Crippen LogP contribution in [0.25, 0.3) is 0 Å². The molecule has 0 bridgehead atoms. The zero-order chi connectivity index (χ0) is 10.8. The van der Waals surface area contributed by atoms with Crippen LogP contribution in [-0.4, -0.2) is 28.7 Å². The molecule has 0 aromatic carbocycles. The average molecular weight is 209 g/mol. The fraction of sp³-hybridized carbons (Fsp3) is 0.600. The van der Waals surface area contributed by atoms with Crippen LogP contribution in [0.1, 0.15) is 29.7 Å². The van der Waals surface area contributed by atoms with E-state index in [1.165, 1.54) is 7.11 Å². The van der Waals surface area contributed by atoms with E-state index in [1.807, 2.05) is 4.57 Å².